The van der Waals surface area contributed by atoms with Gasteiger partial charge >= 0.3 is 0 Å². The lowest BCUT2D eigenvalue weighted by molar-refractivity contribution is 0.265. The lowest BCUT2D eigenvalue weighted by atomic mass is 9.95. The van der Waals surface area contributed by atoms with Crippen LogP contribution in [0.3, 0.4) is 0 Å². The highest BCUT2D eigenvalue weighted by molar-refractivity contribution is 7.89. The summed E-state index contributed by atoms with van der Waals surface area (Å²) in [5.74, 6) is 1.11. The molecule has 0 radical (unpaired) electrons. The van der Waals surface area contributed by atoms with E-state index in [9.17, 15) is 8.42 Å². The average molecular weight is 298 g/mol. The molecule has 1 aliphatic heterocycles. The van der Waals surface area contributed by atoms with Crippen LogP contribution in [0.1, 0.15) is 19.3 Å². The molecule has 0 atom stereocenters. The maximum atomic E-state index is 12.6. The molecule has 20 heavy (non-hydrogen) atoms. The van der Waals surface area contributed by atoms with Gasteiger partial charge in [0.05, 0.1) is 12.0 Å². The Morgan fingerprint density at radius 1 is 1.35 bits per heavy atom. The first-order chi connectivity index (χ1) is 9.57. The fraction of sp³-hybridized carbons (Fsp3) is 0.571. The highest BCUT2D eigenvalue weighted by atomic mass is 32.2. The number of nitrogens with zero attached hydrogens (tertiary/aromatic N) is 1. The van der Waals surface area contributed by atoms with E-state index in [1.165, 1.54) is 7.11 Å². The first-order valence-electron chi connectivity index (χ1n) is 6.92. The Morgan fingerprint density at radius 3 is 2.65 bits per heavy atom. The first-order valence-corrected chi connectivity index (χ1v) is 8.36. The van der Waals surface area contributed by atoms with Crippen LogP contribution in [0.15, 0.2) is 29.2 Å². The minimum Gasteiger partial charge on any atom is -0.497 e. The third-order valence-electron chi connectivity index (χ3n) is 3.83. The topological polar surface area (TPSA) is 72.6 Å². The second-order valence-corrected chi connectivity index (χ2v) is 7.04. The summed E-state index contributed by atoms with van der Waals surface area (Å²) >= 11 is 0. The number of nitrogens with two attached hydrogens (primary N) is 1. The number of hydrogen-bond donors (Lipinski definition) is 1. The normalized spacial score (nSPS) is 18.1. The summed E-state index contributed by atoms with van der Waals surface area (Å²) in [4.78, 5) is 0.300. The van der Waals surface area contributed by atoms with Crippen molar-refractivity contribution in [1.82, 2.24) is 4.31 Å². The predicted molar refractivity (Wildman–Crippen MR) is 78.1 cm³/mol. The van der Waals surface area contributed by atoms with Gasteiger partial charge in [-0.3, -0.25) is 0 Å². The van der Waals surface area contributed by atoms with Gasteiger partial charge in [0.2, 0.25) is 10.0 Å². The van der Waals surface area contributed by atoms with Crippen molar-refractivity contribution in [2.45, 2.75) is 24.2 Å². The minimum absolute atomic E-state index is 0.300. The van der Waals surface area contributed by atoms with Crippen molar-refractivity contribution >= 4 is 10.0 Å². The van der Waals surface area contributed by atoms with E-state index >= 15 is 0 Å². The van der Waals surface area contributed by atoms with Crippen LogP contribution in [0, 0.1) is 5.92 Å². The van der Waals surface area contributed by atoms with Crippen LogP contribution < -0.4 is 10.5 Å². The summed E-state index contributed by atoms with van der Waals surface area (Å²) in [6.45, 7) is 1.82. The Labute approximate surface area is 120 Å². The minimum atomic E-state index is -3.41. The molecule has 1 fully saturated rings. The van der Waals surface area contributed by atoms with E-state index in [0.717, 1.165) is 19.3 Å². The van der Waals surface area contributed by atoms with Crippen LogP contribution in [0.2, 0.25) is 0 Å². The molecule has 0 bridgehead atoms. The molecular formula is C14H22N2O3S. The van der Waals surface area contributed by atoms with Crippen LogP contribution in [-0.2, 0) is 10.0 Å². The zero-order valence-corrected chi connectivity index (χ0v) is 12.6. The van der Waals surface area contributed by atoms with Crippen molar-refractivity contribution in [3.63, 3.8) is 0 Å². The summed E-state index contributed by atoms with van der Waals surface area (Å²) in [5.41, 5.74) is 5.56. The molecule has 1 heterocycles. The maximum Gasteiger partial charge on any atom is 0.243 e. The van der Waals surface area contributed by atoms with E-state index < -0.39 is 10.0 Å². The number of methoxy groups -OCH3 is 1. The van der Waals surface area contributed by atoms with Gasteiger partial charge in [-0.05, 0) is 43.9 Å². The Morgan fingerprint density at radius 2 is 2.05 bits per heavy atom. The van der Waals surface area contributed by atoms with E-state index in [0.29, 0.717) is 36.2 Å². The first kappa shape index (κ1) is 15.3. The van der Waals surface area contributed by atoms with Crippen molar-refractivity contribution in [3.05, 3.63) is 24.3 Å². The van der Waals surface area contributed by atoms with Gasteiger partial charge in [-0.2, -0.15) is 4.31 Å². The Balaban J connectivity index is 2.11. The molecule has 5 nitrogen and oxygen atoms in total. The second-order valence-electron chi connectivity index (χ2n) is 5.10. The van der Waals surface area contributed by atoms with Crippen LogP contribution in [0.5, 0.6) is 5.75 Å². The van der Waals surface area contributed by atoms with E-state index in [1.54, 1.807) is 28.6 Å². The van der Waals surface area contributed by atoms with Gasteiger partial charge in [0.15, 0.2) is 0 Å². The quantitative estimate of drug-likeness (QED) is 0.893. The number of benzene rings is 1. The SMILES string of the molecule is COc1cccc(S(=O)(=O)N2CCC(CCN)CC2)c1. The third kappa shape index (κ3) is 3.31. The summed E-state index contributed by atoms with van der Waals surface area (Å²) in [7, 11) is -1.88. The van der Waals surface area contributed by atoms with Crippen LogP contribution in [0.25, 0.3) is 0 Å². The number of ether oxygens (including phenoxy) is 1. The van der Waals surface area contributed by atoms with E-state index in [1.807, 2.05) is 0 Å². The number of sulfonamides is 1. The molecule has 0 aliphatic carbocycles. The van der Waals surface area contributed by atoms with Gasteiger partial charge < -0.3 is 10.5 Å². The number of rotatable bonds is 5. The molecule has 0 saturated carbocycles. The average Bonchev–Trinajstić information content (AvgIpc) is 2.48. The summed E-state index contributed by atoms with van der Waals surface area (Å²) in [5, 5.41) is 0. The predicted octanol–water partition coefficient (Wildman–Crippen LogP) is 1.44. The van der Waals surface area contributed by atoms with Gasteiger partial charge in [0.1, 0.15) is 5.75 Å². The third-order valence-corrected chi connectivity index (χ3v) is 5.72. The largest absolute Gasteiger partial charge is 0.497 e. The van der Waals surface area contributed by atoms with E-state index in [-0.39, 0.29) is 0 Å². The number of piperidine rings is 1. The molecule has 1 aliphatic rings. The molecule has 6 heteroatoms. The van der Waals surface area contributed by atoms with Gasteiger partial charge in [-0.15, -0.1) is 0 Å². The number of hydrogen-bond acceptors (Lipinski definition) is 4. The van der Waals surface area contributed by atoms with Crippen LogP contribution >= 0.6 is 0 Å². The standard InChI is InChI=1S/C14H22N2O3S/c1-19-13-3-2-4-14(11-13)20(17,18)16-9-6-12(5-8-15)7-10-16/h2-4,11-12H,5-10,15H2,1H3. The molecular weight excluding hydrogens is 276 g/mol. The molecule has 112 valence electrons. The fourth-order valence-electron chi connectivity index (χ4n) is 2.58. The molecule has 0 amide bonds. The van der Waals surface area contributed by atoms with Crippen molar-refractivity contribution in [1.29, 1.82) is 0 Å². The molecule has 1 aromatic rings. The lowest BCUT2D eigenvalue weighted by Gasteiger charge is -2.31. The van der Waals surface area contributed by atoms with Gasteiger partial charge in [0, 0.05) is 19.2 Å². The highest BCUT2D eigenvalue weighted by Crippen LogP contribution is 2.26. The van der Waals surface area contributed by atoms with Gasteiger partial charge in [-0.1, -0.05) is 6.07 Å². The summed E-state index contributed by atoms with van der Waals surface area (Å²) in [6.07, 6.45) is 2.76. The van der Waals surface area contributed by atoms with Gasteiger partial charge in [0.25, 0.3) is 0 Å². The summed E-state index contributed by atoms with van der Waals surface area (Å²) in [6, 6.07) is 6.63. The van der Waals surface area contributed by atoms with Crippen molar-refractivity contribution in [2.24, 2.45) is 11.7 Å². The zero-order chi connectivity index (χ0) is 14.6. The molecule has 2 N–H and O–H groups in total. The Hall–Kier alpha value is -1.11. The fourth-order valence-corrected chi connectivity index (χ4v) is 4.09. The van der Waals surface area contributed by atoms with Crippen LogP contribution in [0.4, 0.5) is 0 Å². The monoisotopic (exact) mass is 298 g/mol. The van der Waals surface area contributed by atoms with Crippen LogP contribution in [-0.4, -0.2) is 39.5 Å². The molecule has 0 unspecified atom stereocenters. The van der Waals surface area contributed by atoms with Gasteiger partial charge in [-0.25, -0.2) is 8.42 Å². The molecule has 2 rings (SSSR count). The second kappa shape index (κ2) is 6.56. The lowest BCUT2D eigenvalue weighted by Crippen LogP contribution is -2.38. The maximum absolute atomic E-state index is 12.6. The smallest absolute Gasteiger partial charge is 0.243 e. The molecule has 1 aromatic carbocycles. The van der Waals surface area contributed by atoms with E-state index in [2.05, 4.69) is 0 Å². The zero-order valence-electron chi connectivity index (χ0n) is 11.8. The van der Waals surface area contributed by atoms with Crippen molar-refractivity contribution < 1.29 is 13.2 Å². The van der Waals surface area contributed by atoms with Crippen molar-refractivity contribution in [3.8, 4) is 5.75 Å². The van der Waals surface area contributed by atoms with E-state index in [4.69, 9.17) is 10.5 Å². The molecule has 1 saturated heterocycles. The Bertz CT molecular complexity index is 537. The Kier molecular flexibility index (Phi) is 5.01. The summed E-state index contributed by atoms with van der Waals surface area (Å²) < 4.78 is 31.8. The molecule has 0 spiro atoms. The molecule has 0 aromatic heterocycles. The van der Waals surface area contributed by atoms with Crippen molar-refractivity contribution in [2.75, 3.05) is 26.7 Å². The highest BCUT2D eigenvalue weighted by Gasteiger charge is 2.29.